The molecule has 0 amide bonds. The molecule has 1 fully saturated rings. The van der Waals surface area contributed by atoms with E-state index in [2.05, 4.69) is 41.0 Å². The largest absolute Gasteiger partial charge is 0.504 e. The molecule has 28 heavy (non-hydrogen) atoms. The third kappa shape index (κ3) is 4.97. The van der Waals surface area contributed by atoms with Crippen LogP contribution < -0.4 is 4.74 Å². The van der Waals surface area contributed by atoms with Gasteiger partial charge in [0.25, 0.3) is 0 Å². The molecule has 0 saturated carbocycles. The molecule has 0 aliphatic carbocycles. The van der Waals surface area contributed by atoms with E-state index in [1.54, 1.807) is 6.07 Å². The lowest BCUT2D eigenvalue weighted by atomic mass is 10.0. The van der Waals surface area contributed by atoms with Crippen LogP contribution in [-0.2, 0) is 13.1 Å². The smallest absolute Gasteiger partial charge is 0.160 e. The Balaban J connectivity index is 1.69. The first-order chi connectivity index (χ1) is 13.5. The molecule has 2 aromatic carbocycles. The van der Waals surface area contributed by atoms with Crippen molar-refractivity contribution in [3.63, 3.8) is 0 Å². The van der Waals surface area contributed by atoms with Gasteiger partial charge >= 0.3 is 0 Å². The van der Waals surface area contributed by atoms with Crippen molar-refractivity contribution in [3.05, 3.63) is 58.1 Å². The van der Waals surface area contributed by atoms with E-state index in [9.17, 15) is 10.2 Å². The molecule has 1 aliphatic heterocycles. The number of ether oxygens (including phenoxy) is 1. The van der Waals surface area contributed by atoms with E-state index < -0.39 is 0 Å². The molecule has 3 rings (SSSR count). The van der Waals surface area contributed by atoms with E-state index in [1.807, 2.05) is 0 Å². The zero-order valence-electron chi connectivity index (χ0n) is 16.6. The number of aryl methyl sites for hydroxylation is 1. The maximum atomic E-state index is 9.87. The molecule has 0 spiro atoms. The lowest BCUT2D eigenvalue weighted by molar-refractivity contribution is 0.0498. The summed E-state index contributed by atoms with van der Waals surface area (Å²) in [5.74, 6) is 0.488. The van der Waals surface area contributed by atoms with Crippen LogP contribution in [0.4, 0.5) is 0 Å². The van der Waals surface area contributed by atoms with Crippen molar-refractivity contribution < 1.29 is 14.9 Å². The fraction of sp³-hybridized carbons (Fsp3) is 0.455. The number of nitrogens with zero attached hydrogens (tertiary/aromatic N) is 2. The van der Waals surface area contributed by atoms with Crippen molar-refractivity contribution in [2.45, 2.75) is 32.5 Å². The van der Waals surface area contributed by atoms with Gasteiger partial charge in [0.05, 0.1) is 7.11 Å². The Hall–Kier alpha value is -1.79. The van der Waals surface area contributed by atoms with Crippen molar-refractivity contribution in [2.24, 2.45) is 0 Å². The summed E-state index contributed by atoms with van der Waals surface area (Å²) < 4.78 is 5.22. The second-order valence-electron chi connectivity index (χ2n) is 7.41. The average molecular weight is 405 g/mol. The molecule has 1 unspecified atom stereocenters. The molecule has 5 nitrogen and oxygen atoms in total. The predicted octanol–water partition coefficient (Wildman–Crippen LogP) is 3.43. The second-order valence-corrected chi connectivity index (χ2v) is 7.82. The summed E-state index contributed by atoms with van der Waals surface area (Å²) in [5.41, 5.74) is 3.58. The Morgan fingerprint density at radius 2 is 1.93 bits per heavy atom. The minimum absolute atomic E-state index is 0.0532. The zero-order valence-corrected chi connectivity index (χ0v) is 17.3. The molecule has 2 aromatic rings. The van der Waals surface area contributed by atoms with Crippen LogP contribution in [0, 0.1) is 6.92 Å². The molecular formula is C22H29ClN2O3. The summed E-state index contributed by atoms with van der Waals surface area (Å²) in [4.78, 5) is 4.82. The third-order valence-corrected chi connectivity index (χ3v) is 5.88. The normalized spacial score (nSPS) is 18.4. The van der Waals surface area contributed by atoms with Crippen molar-refractivity contribution >= 4 is 11.6 Å². The van der Waals surface area contributed by atoms with Gasteiger partial charge < -0.3 is 14.9 Å². The molecule has 1 saturated heterocycles. The zero-order chi connectivity index (χ0) is 20.1. The van der Waals surface area contributed by atoms with Gasteiger partial charge in [-0.3, -0.25) is 9.80 Å². The van der Waals surface area contributed by atoms with Crippen LogP contribution in [0.5, 0.6) is 11.5 Å². The van der Waals surface area contributed by atoms with Crippen molar-refractivity contribution in [2.75, 3.05) is 33.4 Å². The quantitative estimate of drug-likeness (QED) is 0.740. The van der Waals surface area contributed by atoms with Gasteiger partial charge in [-0.2, -0.15) is 0 Å². The Kier molecular flexibility index (Phi) is 7.18. The minimum atomic E-state index is 0.0532. The van der Waals surface area contributed by atoms with Gasteiger partial charge in [-0.05, 0) is 36.1 Å². The van der Waals surface area contributed by atoms with Crippen LogP contribution in [0.2, 0.25) is 5.02 Å². The Morgan fingerprint density at radius 3 is 2.64 bits per heavy atom. The number of aliphatic hydroxyl groups is 1. The average Bonchev–Trinajstić information content (AvgIpc) is 2.68. The molecule has 2 N–H and O–H groups in total. The fourth-order valence-corrected chi connectivity index (χ4v) is 4.07. The van der Waals surface area contributed by atoms with Gasteiger partial charge in [0.1, 0.15) is 0 Å². The number of rotatable bonds is 7. The number of phenols is 1. The molecule has 1 aliphatic rings. The number of phenolic OH excluding ortho intramolecular Hbond substituents is 1. The van der Waals surface area contributed by atoms with Crippen LogP contribution in [0.3, 0.4) is 0 Å². The lowest BCUT2D eigenvalue weighted by Crippen LogP contribution is -2.52. The second kappa shape index (κ2) is 9.61. The number of benzene rings is 2. The van der Waals surface area contributed by atoms with E-state index in [-0.39, 0.29) is 18.4 Å². The molecule has 0 radical (unpaired) electrons. The number of methoxy groups -OCH3 is 1. The number of aliphatic hydroxyl groups excluding tert-OH is 1. The fourth-order valence-electron chi connectivity index (χ4n) is 3.85. The predicted molar refractivity (Wildman–Crippen MR) is 112 cm³/mol. The molecule has 0 bridgehead atoms. The van der Waals surface area contributed by atoms with E-state index >= 15 is 0 Å². The third-order valence-electron chi connectivity index (χ3n) is 5.53. The van der Waals surface area contributed by atoms with Crippen LogP contribution in [0.15, 0.2) is 36.4 Å². The van der Waals surface area contributed by atoms with Crippen LogP contribution in [0.25, 0.3) is 0 Å². The standard InChI is InChI=1S/C22H29ClN2O3/c1-16-5-3-4-6-17(16)14-25-9-8-24(15-19(25)7-10-26)13-18-11-22(28-2)21(27)12-20(18)23/h3-6,11-12,19,26-27H,7-10,13-15H2,1-2H3. The van der Waals surface area contributed by atoms with Crippen LogP contribution in [-0.4, -0.2) is 59.4 Å². The molecule has 0 aromatic heterocycles. The first-order valence-electron chi connectivity index (χ1n) is 9.69. The SMILES string of the molecule is COc1cc(CN2CCN(Cc3ccccc3C)C(CCO)C2)c(Cl)cc1O. The molecule has 1 atom stereocenters. The number of halogens is 1. The summed E-state index contributed by atoms with van der Waals surface area (Å²) in [6.45, 7) is 6.64. The van der Waals surface area contributed by atoms with Crippen molar-refractivity contribution in [1.82, 2.24) is 9.80 Å². The topological polar surface area (TPSA) is 56.2 Å². The number of hydrogen-bond acceptors (Lipinski definition) is 5. The highest BCUT2D eigenvalue weighted by Crippen LogP contribution is 2.33. The Labute approximate surface area is 172 Å². The number of piperazine rings is 1. The minimum Gasteiger partial charge on any atom is -0.504 e. The lowest BCUT2D eigenvalue weighted by Gasteiger charge is -2.41. The van der Waals surface area contributed by atoms with Gasteiger partial charge in [0.15, 0.2) is 11.5 Å². The first kappa shape index (κ1) is 20.9. The van der Waals surface area contributed by atoms with Gasteiger partial charge in [0, 0.05) is 56.5 Å². The Bertz CT molecular complexity index is 799. The molecule has 152 valence electrons. The maximum Gasteiger partial charge on any atom is 0.160 e. The van der Waals surface area contributed by atoms with E-state index in [1.165, 1.54) is 24.3 Å². The summed E-state index contributed by atoms with van der Waals surface area (Å²) in [5, 5.41) is 20.0. The van der Waals surface area contributed by atoms with Gasteiger partial charge in [0.2, 0.25) is 0 Å². The number of hydrogen-bond donors (Lipinski definition) is 2. The molecule has 1 heterocycles. The summed E-state index contributed by atoms with van der Waals surface area (Å²) in [6.07, 6.45) is 0.745. The van der Waals surface area contributed by atoms with E-state index in [0.29, 0.717) is 17.3 Å². The molecule has 6 heteroatoms. The van der Waals surface area contributed by atoms with Gasteiger partial charge in [-0.25, -0.2) is 0 Å². The first-order valence-corrected chi connectivity index (χ1v) is 10.1. The highest BCUT2D eigenvalue weighted by atomic mass is 35.5. The van der Waals surface area contributed by atoms with Crippen molar-refractivity contribution in [3.8, 4) is 11.5 Å². The van der Waals surface area contributed by atoms with Crippen molar-refractivity contribution in [1.29, 1.82) is 0 Å². The molecular weight excluding hydrogens is 376 g/mol. The summed E-state index contributed by atoms with van der Waals surface area (Å²) >= 11 is 6.34. The van der Waals surface area contributed by atoms with E-state index in [4.69, 9.17) is 16.3 Å². The maximum absolute atomic E-state index is 9.87. The van der Waals surface area contributed by atoms with Gasteiger partial charge in [-0.1, -0.05) is 35.9 Å². The van der Waals surface area contributed by atoms with Gasteiger partial charge in [-0.15, -0.1) is 0 Å². The van der Waals surface area contributed by atoms with Crippen LogP contribution >= 0.6 is 11.6 Å². The summed E-state index contributed by atoms with van der Waals surface area (Å²) in [7, 11) is 1.54. The Morgan fingerprint density at radius 1 is 1.14 bits per heavy atom. The summed E-state index contributed by atoms with van der Waals surface area (Å²) in [6, 6.07) is 12.1. The highest BCUT2D eigenvalue weighted by Gasteiger charge is 2.27. The number of aromatic hydroxyl groups is 1. The van der Waals surface area contributed by atoms with E-state index in [0.717, 1.165) is 38.2 Å². The highest BCUT2D eigenvalue weighted by molar-refractivity contribution is 6.31. The van der Waals surface area contributed by atoms with Crippen LogP contribution in [0.1, 0.15) is 23.1 Å². The monoisotopic (exact) mass is 404 g/mol.